The van der Waals surface area contributed by atoms with Crippen molar-refractivity contribution in [1.82, 2.24) is 10.2 Å². The second-order valence-corrected chi connectivity index (χ2v) is 3.37. The number of amides is 1. The Kier molecular flexibility index (Phi) is 4.08. The Morgan fingerprint density at radius 3 is 2.67 bits per heavy atom. The van der Waals surface area contributed by atoms with Gasteiger partial charge in [0.2, 0.25) is 6.41 Å². The van der Waals surface area contributed by atoms with Gasteiger partial charge in [0, 0.05) is 19.1 Å². The third-order valence-corrected chi connectivity index (χ3v) is 2.36. The molecule has 0 aromatic carbocycles. The summed E-state index contributed by atoms with van der Waals surface area (Å²) in [5.74, 6) is 0. The first-order valence-electron chi connectivity index (χ1n) is 4.79. The average molecular weight is 170 g/mol. The first kappa shape index (κ1) is 9.52. The fourth-order valence-electron chi connectivity index (χ4n) is 1.56. The fourth-order valence-corrected chi connectivity index (χ4v) is 1.56. The summed E-state index contributed by atoms with van der Waals surface area (Å²) in [5, 5.41) is 3.47. The highest BCUT2D eigenvalue weighted by molar-refractivity contribution is 5.47. The van der Waals surface area contributed by atoms with Crippen LogP contribution in [0.4, 0.5) is 0 Å². The molecule has 1 N–H and O–H groups in total. The molecule has 0 unspecified atom stereocenters. The second kappa shape index (κ2) is 5.14. The second-order valence-electron chi connectivity index (χ2n) is 3.37. The van der Waals surface area contributed by atoms with Gasteiger partial charge in [-0.3, -0.25) is 4.79 Å². The lowest BCUT2D eigenvalue weighted by molar-refractivity contribution is -0.119. The van der Waals surface area contributed by atoms with Gasteiger partial charge in [-0.05, 0) is 25.8 Å². The first-order chi connectivity index (χ1) is 5.86. The zero-order valence-corrected chi connectivity index (χ0v) is 7.75. The van der Waals surface area contributed by atoms with E-state index in [9.17, 15) is 4.79 Å². The van der Waals surface area contributed by atoms with Crippen molar-refractivity contribution >= 4 is 6.41 Å². The molecule has 0 aliphatic carbocycles. The molecule has 3 nitrogen and oxygen atoms in total. The van der Waals surface area contributed by atoms with Crippen LogP contribution >= 0.6 is 0 Å². The van der Waals surface area contributed by atoms with Crippen LogP contribution in [0.3, 0.4) is 0 Å². The number of likely N-dealkylation sites (tertiary alicyclic amines) is 1. The molecule has 1 fully saturated rings. The van der Waals surface area contributed by atoms with Crippen LogP contribution in [0.2, 0.25) is 0 Å². The maximum Gasteiger partial charge on any atom is 0.209 e. The maximum absolute atomic E-state index is 10.4. The largest absolute Gasteiger partial charge is 0.345 e. The first-order valence-corrected chi connectivity index (χ1v) is 4.79. The summed E-state index contributed by atoms with van der Waals surface area (Å²) in [6.07, 6.45) is 4.36. The molecule has 0 bridgehead atoms. The van der Waals surface area contributed by atoms with Crippen molar-refractivity contribution in [2.75, 3.05) is 19.6 Å². The predicted octanol–water partition coefficient (Wildman–Crippen LogP) is 0.607. The summed E-state index contributed by atoms with van der Waals surface area (Å²) in [7, 11) is 0. The van der Waals surface area contributed by atoms with Gasteiger partial charge in [-0.25, -0.2) is 0 Å². The summed E-state index contributed by atoms with van der Waals surface area (Å²) in [5.41, 5.74) is 0. The normalized spacial score (nSPS) is 19.6. The van der Waals surface area contributed by atoms with E-state index in [4.69, 9.17) is 0 Å². The average Bonchev–Trinajstić information content (AvgIpc) is 2.15. The summed E-state index contributed by atoms with van der Waals surface area (Å²) >= 11 is 0. The van der Waals surface area contributed by atoms with E-state index in [1.807, 2.05) is 4.90 Å². The fraction of sp³-hybridized carbons (Fsp3) is 0.889. The van der Waals surface area contributed by atoms with Crippen LogP contribution in [-0.2, 0) is 4.79 Å². The third kappa shape index (κ3) is 2.81. The highest BCUT2D eigenvalue weighted by Crippen LogP contribution is 2.07. The zero-order chi connectivity index (χ0) is 8.81. The molecule has 0 saturated carbocycles. The molecule has 0 spiro atoms. The molecular weight excluding hydrogens is 152 g/mol. The van der Waals surface area contributed by atoms with Crippen LogP contribution in [0.5, 0.6) is 0 Å². The van der Waals surface area contributed by atoms with E-state index in [1.54, 1.807) is 0 Å². The monoisotopic (exact) mass is 170 g/mol. The number of hydrogen-bond acceptors (Lipinski definition) is 2. The number of piperidine rings is 1. The Labute approximate surface area is 74.1 Å². The number of carbonyl (C=O) groups is 1. The van der Waals surface area contributed by atoms with Gasteiger partial charge in [-0.15, -0.1) is 0 Å². The molecule has 1 amide bonds. The number of carbonyl (C=O) groups excluding carboxylic acids is 1. The van der Waals surface area contributed by atoms with Gasteiger partial charge in [0.15, 0.2) is 0 Å². The van der Waals surface area contributed by atoms with Crippen molar-refractivity contribution in [3.8, 4) is 0 Å². The minimum absolute atomic E-state index is 0.640. The minimum Gasteiger partial charge on any atom is -0.345 e. The summed E-state index contributed by atoms with van der Waals surface area (Å²) in [4.78, 5) is 12.2. The maximum atomic E-state index is 10.4. The molecule has 70 valence electrons. The quantitative estimate of drug-likeness (QED) is 0.627. The van der Waals surface area contributed by atoms with Crippen LogP contribution in [0.15, 0.2) is 0 Å². The van der Waals surface area contributed by atoms with E-state index in [1.165, 1.54) is 6.42 Å². The highest BCUT2D eigenvalue weighted by atomic mass is 16.1. The molecule has 12 heavy (non-hydrogen) atoms. The number of nitrogens with one attached hydrogen (secondary N) is 1. The van der Waals surface area contributed by atoms with Gasteiger partial charge in [0.25, 0.3) is 0 Å². The molecule has 3 heteroatoms. The van der Waals surface area contributed by atoms with Gasteiger partial charge < -0.3 is 10.2 Å². The minimum atomic E-state index is 0.640. The summed E-state index contributed by atoms with van der Waals surface area (Å²) in [6.45, 7) is 5.12. The predicted molar refractivity (Wildman–Crippen MR) is 49.0 cm³/mol. The van der Waals surface area contributed by atoms with Crippen LogP contribution in [-0.4, -0.2) is 37.0 Å². The standard InChI is InChI=1S/C9H18N2O/c1-2-5-10-9-3-6-11(8-12)7-4-9/h8-10H,2-7H2,1H3. The molecule has 1 aliphatic rings. The molecular formula is C9H18N2O. The van der Waals surface area contributed by atoms with Crippen molar-refractivity contribution in [3.05, 3.63) is 0 Å². The molecule has 1 rings (SSSR count). The van der Waals surface area contributed by atoms with Gasteiger partial charge in [-0.2, -0.15) is 0 Å². The van der Waals surface area contributed by atoms with Crippen molar-refractivity contribution in [3.63, 3.8) is 0 Å². The Morgan fingerprint density at radius 2 is 2.17 bits per heavy atom. The smallest absolute Gasteiger partial charge is 0.209 e. The Bertz CT molecular complexity index is 130. The number of rotatable bonds is 4. The SMILES string of the molecule is CCCNC1CCN(C=O)CC1. The van der Waals surface area contributed by atoms with Crippen LogP contribution < -0.4 is 5.32 Å². The molecule has 0 atom stereocenters. The van der Waals surface area contributed by atoms with Crippen molar-refractivity contribution in [2.45, 2.75) is 32.2 Å². The van der Waals surface area contributed by atoms with Gasteiger partial charge >= 0.3 is 0 Å². The van der Waals surface area contributed by atoms with Crippen molar-refractivity contribution < 1.29 is 4.79 Å². The molecule has 0 aromatic heterocycles. The topological polar surface area (TPSA) is 32.3 Å². The van der Waals surface area contributed by atoms with Crippen LogP contribution in [0.1, 0.15) is 26.2 Å². The van der Waals surface area contributed by atoms with Crippen molar-refractivity contribution in [2.24, 2.45) is 0 Å². The number of hydrogen-bond donors (Lipinski definition) is 1. The molecule has 1 aliphatic heterocycles. The third-order valence-electron chi connectivity index (χ3n) is 2.36. The van der Waals surface area contributed by atoms with E-state index in [0.29, 0.717) is 6.04 Å². The highest BCUT2D eigenvalue weighted by Gasteiger charge is 2.16. The van der Waals surface area contributed by atoms with Crippen LogP contribution in [0, 0.1) is 0 Å². The Morgan fingerprint density at radius 1 is 1.50 bits per heavy atom. The van der Waals surface area contributed by atoms with Gasteiger partial charge in [0.1, 0.15) is 0 Å². The van der Waals surface area contributed by atoms with E-state index < -0.39 is 0 Å². The van der Waals surface area contributed by atoms with E-state index in [0.717, 1.165) is 38.9 Å². The molecule has 0 aromatic rings. The lowest BCUT2D eigenvalue weighted by atomic mass is 10.1. The van der Waals surface area contributed by atoms with Crippen LogP contribution in [0.25, 0.3) is 0 Å². The number of nitrogens with zero attached hydrogens (tertiary/aromatic N) is 1. The van der Waals surface area contributed by atoms with Crippen molar-refractivity contribution in [1.29, 1.82) is 0 Å². The molecule has 0 radical (unpaired) electrons. The Hall–Kier alpha value is -0.570. The lowest BCUT2D eigenvalue weighted by Crippen LogP contribution is -2.42. The molecule has 1 saturated heterocycles. The molecule has 1 heterocycles. The van der Waals surface area contributed by atoms with Gasteiger partial charge in [-0.1, -0.05) is 6.92 Å². The van der Waals surface area contributed by atoms with E-state index in [2.05, 4.69) is 12.2 Å². The summed E-state index contributed by atoms with van der Waals surface area (Å²) < 4.78 is 0. The summed E-state index contributed by atoms with van der Waals surface area (Å²) in [6, 6.07) is 0.640. The van der Waals surface area contributed by atoms with E-state index >= 15 is 0 Å². The Balaban J connectivity index is 2.12. The van der Waals surface area contributed by atoms with E-state index in [-0.39, 0.29) is 0 Å². The zero-order valence-electron chi connectivity index (χ0n) is 7.75. The van der Waals surface area contributed by atoms with Gasteiger partial charge in [0.05, 0.1) is 0 Å². The lowest BCUT2D eigenvalue weighted by Gasteiger charge is -2.29.